The molecule has 2 rings (SSSR count). The summed E-state index contributed by atoms with van der Waals surface area (Å²) in [5.41, 5.74) is 1.08. The van der Waals surface area contributed by atoms with Crippen molar-refractivity contribution >= 4 is 5.71 Å². The number of nitrogens with zero attached hydrogens (tertiary/aromatic N) is 1. The molecule has 1 heterocycles. The lowest BCUT2D eigenvalue weighted by atomic mass is 9.89. The van der Waals surface area contributed by atoms with Crippen LogP contribution in [0.1, 0.15) is 24.8 Å². The summed E-state index contributed by atoms with van der Waals surface area (Å²) in [4.78, 5) is 5.18. The Balaban J connectivity index is 2.11. The van der Waals surface area contributed by atoms with E-state index in [-0.39, 0.29) is 19.1 Å². The summed E-state index contributed by atoms with van der Waals surface area (Å²) < 4.78 is 0. The van der Waals surface area contributed by atoms with E-state index in [0.29, 0.717) is 6.42 Å². The van der Waals surface area contributed by atoms with Crippen LogP contribution in [-0.4, -0.2) is 34.7 Å². The van der Waals surface area contributed by atoms with Gasteiger partial charge in [0.05, 0.1) is 18.9 Å². The quantitative estimate of drug-likeness (QED) is 0.826. The fourth-order valence-corrected chi connectivity index (χ4v) is 1.94. The lowest BCUT2D eigenvalue weighted by Gasteiger charge is -2.21. The highest BCUT2D eigenvalue weighted by molar-refractivity contribution is 5.92. The molecule has 4 nitrogen and oxygen atoms in total. The average Bonchev–Trinajstić information content (AvgIpc) is 2.84. The molecule has 0 aliphatic carbocycles. The van der Waals surface area contributed by atoms with E-state index in [9.17, 15) is 10.2 Å². The van der Waals surface area contributed by atoms with E-state index in [1.807, 2.05) is 37.3 Å². The molecule has 1 atom stereocenters. The van der Waals surface area contributed by atoms with E-state index in [2.05, 4.69) is 5.16 Å². The van der Waals surface area contributed by atoms with Gasteiger partial charge >= 0.3 is 0 Å². The minimum atomic E-state index is -0.932. The van der Waals surface area contributed by atoms with Crippen molar-refractivity contribution < 1.29 is 15.1 Å². The van der Waals surface area contributed by atoms with E-state index in [4.69, 9.17) is 4.84 Å². The van der Waals surface area contributed by atoms with Gasteiger partial charge in [0.1, 0.15) is 0 Å². The maximum atomic E-state index is 9.23. The average molecular weight is 235 g/mol. The van der Waals surface area contributed by atoms with Crippen molar-refractivity contribution in [2.45, 2.75) is 24.9 Å². The number of benzene rings is 1. The molecule has 92 valence electrons. The van der Waals surface area contributed by atoms with Crippen LogP contribution in [0.5, 0.6) is 0 Å². The normalized spacial score (nSPS) is 19.6. The number of hydrogen-bond acceptors (Lipinski definition) is 4. The molecular weight excluding hydrogens is 218 g/mol. The first-order valence-corrected chi connectivity index (χ1v) is 5.72. The third-order valence-electron chi connectivity index (χ3n) is 3.24. The first-order valence-electron chi connectivity index (χ1n) is 5.72. The molecule has 17 heavy (non-hydrogen) atoms. The summed E-state index contributed by atoms with van der Waals surface area (Å²) in [6.45, 7) is 1.60. The molecule has 4 heteroatoms. The van der Waals surface area contributed by atoms with Crippen LogP contribution in [-0.2, 0) is 4.84 Å². The predicted octanol–water partition coefficient (Wildman–Crippen LogP) is 1.29. The molecule has 0 saturated carbocycles. The number of aliphatic hydroxyl groups is 2. The van der Waals surface area contributed by atoms with E-state index < -0.39 is 5.60 Å². The van der Waals surface area contributed by atoms with Gasteiger partial charge in [-0.15, -0.1) is 0 Å². The van der Waals surface area contributed by atoms with Gasteiger partial charge < -0.3 is 15.1 Å². The van der Waals surface area contributed by atoms with Crippen LogP contribution in [0.15, 0.2) is 35.5 Å². The van der Waals surface area contributed by atoms with Crippen LogP contribution in [0.4, 0.5) is 0 Å². The largest absolute Gasteiger partial charge is 0.392 e. The first kappa shape index (κ1) is 12.1. The van der Waals surface area contributed by atoms with Gasteiger partial charge in [-0.3, -0.25) is 0 Å². The van der Waals surface area contributed by atoms with Gasteiger partial charge in [0, 0.05) is 12.3 Å². The summed E-state index contributed by atoms with van der Waals surface area (Å²) in [5.74, 6) is 0.135. The molecule has 0 radical (unpaired) electrons. The van der Waals surface area contributed by atoms with Gasteiger partial charge in [0.25, 0.3) is 0 Å². The maximum absolute atomic E-state index is 9.23. The predicted molar refractivity (Wildman–Crippen MR) is 64.9 cm³/mol. The van der Waals surface area contributed by atoms with Crippen molar-refractivity contribution in [3.8, 4) is 0 Å². The molecule has 1 aliphatic rings. The number of hydrogen-bond donors (Lipinski definition) is 2. The third-order valence-corrected chi connectivity index (χ3v) is 3.24. The highest BCUT2D eigenvalue weighted by Gasteiger charge is 2.39. The van der Waals surface area contributed by atoms with E-state index in [1.54, 1.807) is 0 Å². The Labute approximate surface area is 101 Å². The van der Waals surface area contributed by atoms with Crippen molar-refractivity contribution in [3.05, 3.63) is 35.9 Å². The minimum absolute atomic E-state index is 0.135. The number of rotatable bonds is 4. The van der Waals surface area contributed by atoms with Crippen LogP contribution in [0.3, 0.4) is 0 Å². The Bertz CT molecular complexity index is 398. The van der Waals surface area contributed by atoms with Gasteiger partial charge in [-0.05, 0) is 5.56 Å². The van der Waals surface area contributed by atoms with Gasteiger partial charge in [-0.2, -0.15) is 0 Å². The molecule has 0 spiro atoms. The number of oxime groups is 1. The van der Waals surface area contributed by atoms with Gasteiger partial charge in [0.2, 0.25) is 0 Å². The summed E-state index contributed by atoms with van der Waals surface area (Å²) >= 11 is 0. The van der Waals surface area contributed by atoms with Crippen molar-refractivity contribution in [3.63, 3.8) is 0 Å². The second kappa shape index (κ2) is 4.85. The molecule has 1 aromatic carbocycles. The zero-order valence-corrected chi connectivity index (χ0v) is 9.84. The topological polar surface area (TPSA) is 62.0 Å². The standard InChI is InChI=1S/C13H17NO3/c1-10(11-5-3-2-4-6-11)12-7-13(8-15,9-16)17-14-12/h2-6,10,15-16H,7-9H2,1H3. The van der Waals surface area contributed by atoms with E-state index in [0.717, 1.165) is 11.3 Å². The molecular formula is C13H17NO3. The minimum Gasteiger partial charge on any atom is -0.392 e. The highest BCUT2D eigenvalue weighted by Crippen LogP contribution is 2.30. The van der Waals surface area contributed by atoms with E-state index >= 15 is 0 Å². The van der Waals surface area contributed by atoms with Gasteiger partial charge in [-0.1, -0.05) is 42.4 Å². The monoisotopic (exact) mass is 235 g/mol. The smallest absolute Gasteiger partial charge is 0.188 e. The van der Waals surface area contributed by atoms with Gasteiger partial charge in [-0.25, -0.2) is 0 Å². The SMILES string of the molecule is CC(C1=NOC(CO)(CO)C1)c1ccccc1. The lowest BCUT2D eigenvalue weighted by molar-refractivity contribution is -0.0878. The fraction of sp³-hybridized carbons (Fsp3) is 0.462. The molecule has 0 aromatic heterocycles. The lowest BCUT2D eigenvalue weighted by Crippen LogP contribution is -2.38. The van der Waals surface area contributed by atoms with E-state index in [1.165, 1.54) is 0 Å². The van der Waals surface area contributed by atoms with Crippen molar-refractivity contribution in [2.75, 3.05) is 13.2 Å². The zero-order chi connectivity index (χ0) is 12.3. The molecule has 1 aromatic rings. The van der Waals surface area contributed by atoms with Crippen LogP contribution >= 0.6 is 0 Å². The Kier molecular flexibility index (Phi) is 3.45. The second-order valence-electron chi connectivity index (χ2n) is 4.48. The Morgan fingerprint density at radius 2 is 1.94 bits per heavy atom. The Morgan fingerprint density at radius 3 is 2.47 bits per heavy atom. The van der Waals surface area contributed by atoms with Crippen LogP contribution < -0.4 is 0 Å². The fourth-order valence-electron chi connectivity index (χ4n) is 1.94. The van der Waals surface area contributed by atoms with Crippen molar-refractivity contribution in [1.29, 1.82) is 0 Å². The number of aliphatic hydroxyl groups excluding tert-OH is 2. The Hall–Kier alpha value is -1.39. The molecule has 1 unspecified atom stereocenters. The van der Waals surface area contributed by atoms with Crippen LogP contribution in [0.2, 0.25) is 0 Å². The molecule has 2 N–H and O–H groups in total. The molecule has 1 aliphatic heterocycles. The van der Waals surface area contributed by atoms with Crippen molar-refractivity contribution in [1.82, 2.24) is 0 Å². The Morgan fingerprint density at radius 1 is 1.29 bits per heavy atom. The van der Waals surface area contributed by atoms with Crippen molar-refractivity contribution in [2.24, 2.45) is 5.16 Å². The highest BCUT2D eigenvalue weighted by atomic mass is 16.7. The third kappa shape index (κ3) is 2.33. The molecule has 0 saturated heterocycles. The molecule has 0 fully saturated rings. The van der Waals surface area contributed by atoms with Crippen LogP contribution in [0.25, 0.3) is 0 Å². The summed E-state index contributed by atoms with van der Waals surface area (Å²) in [6, 6.07) is 9.99. The summed E-state index contributed by atoms with van der Waals surface area (Å²) in [7, 11) is 0. The first-order chi connectivity index (χ1) is 8.21. The summed E-state index contributed by atoms with van der Waals surface area (Å²) in [6.07, 6.45) is 0.468. The van der Waals surface area contributed by atoms with Gasteiger partial charge in [0.15, 0.2) is 5.60 Å². The molecule has 0 amide bonds. The summed E-state index contributed by atoms with van der Waals surface area (Å²) in [5, 5.41) is 22.5. The van der Waals surface area contributed by atoms with Crippen LogP contribution in [0, 0.1) is 0 Å². The zero-order valence-electron chi connectivity index (χ0n) is 9.84. The second-order valence-corrected chi connectivity index (χ2v) is 4.48. The molecule has 0 bridgehead atoms. The maximum Gasteiger partial charge on any atom is 0.188 e.